The SMILES string of the molecule is CC1=C(c2ccc(C)cc2)c2ccc(C)cc2C1C. The molecular weight excluding hydrogens is 228 g/mol. The van der Waals surface area contributed by atoms with Crippen LogP contribution in [-0.2, 0) is 0 Å². The van der Waals surface area contributed by atoms with Crippen molar-refractivity contribution in [2.24, 2.45) is 0 Å². The Labute approximate surface area is 115 Å². The van der Waals surface area contributed by atoms with Crippen molar-refractivity contribution in [1.29, 1.82) is 0 Å². The molecule has 0 aromatic heterocycles. The van der Waals surface area contributed by atoms with Gasteiger partial charge in [-0.2, -0.15) is 0 Å². The third-order valence-corrected chi connectivity index (χ3v) is 4.33. The Morgan fingerprint density at radius 2 is 1.42 bits per heavy atom. The molecular formula is C19H20. The summed E-state index contributed by atoms with van der Waals surface area (Å²) in [6.45, 7) is 8.90. The summed E-state index contributed by atoms with van der Waals surface area (Å²) in [4.78, 5) is 0. The smallest absolute Gasteiger partial charge is 0.00327 e. The summed E-state index contributed by atoms with van der Waals surface area (Å²) in [6.07, 6.45) is 0. The van der Waals surface area contributed by atoms with Crippen LogP contribution in [0.25, 0.3) is 5.57 Å². The van der Waals surface area contributed by atoms with Crippen molar-refractivity contribution in [2.45, 2.75) is 33.6 Å². The Morgan fingerprint density at radius 3 is 2.11 bits per heavy atom. The minimum atomic E-state index is 0.534. The highest BCUT2D eigenvalue weighted by Gasteiger charge is 2.26. The van der Waals surface area contributed by atoms with E-state index in [4.69, 9.17) is 0 Å². The number of hydrogen-bond donors (Lipinski definition) is 0. The molecule has 0 N–H and O–H groups in total. The molecule has 2 aromatic carbocycles. The highest BCUT2D eigenvalue weighted by molar-refractivity contribution is 5.88. The van der Waals surface area contributed by atoms with Gasteiger partial charge in [-0.05, 0) is 43.0 Å². The van der Waals surface area contributed by atoms with E-state index >= 15 is 0 Å². The zero-order chi connectivity index (χ0) is 13.6. The van der Waals surface area contributed by atoms with Crippen LogP contribution in [0.15, 0.2) is 48.0 Å². The van der Waals surface area contributed by atoms with E-state index in [1.807, 2.05) is 0 Å². The highest BCUT2D eigenvalue weighted by Crippen LogP contribution is 2.44. The van der Waals surface area contributed by atoms with Gasteiger partial charge in [0.2, 0.25) is 0 Å². The van der Waals surface area contributed by atoms with Gasteiger partial charge in [-0.1, -0.05) is 66.1 Å². The molecule has 0 bridgehead atoms. The second-order valence-corrected chi connectivity index (χ2v) is 5.74. The van der Waals surface area contributed by atoms with E-state index in [1.54, 1.807) is 0 Å². The molecule has 2 aromatic rings. The van der Waals surface area contributed by atoms with Crippen molar-refractivity contribution in [1.82, 2.24) is 0 Å². The molecule has 0 saturated heterocycles. The predicted octanol–water partition coefficient (Wildman–Crippen LogP) is 5.24. The summed E-state index contributed by atoms with van der Waals surface area (Å²) >= 11 is 0. The van der Waals surface area contributed by atoms with Gasteiger partial charge in [0.1, 0.15) is 0 Å². The monoisotopic (exact) mass is 248 g/mol. The van der Waals surface area contributed by atoms with Crippen LogP contribution < -0.4 is 0 Å². The van der Waals surface area contributed by atoms with Crippen molar-refractivity contribution < 1.29 is 0 Å². The molecule has 3 rings (SSSR count). The second-order valence-electron chi connectivity index (χ2n) is 5.74. The third-order valence-electron chi connectivity index (χ3n) is 4.33. The van der Waals surface area contributed by atoms with E-state index in [2.05, 4.69) is 70.2 Å². The van der Waals surface area contributed by atoms with Gasteiger partial charge < -0.3 is 0 Å². The summed E-state index contributed by atoms with van der Waals surface area (Å²) in [7, 11) is 0. The van der Waals surface area contributed by atoms with Crippen molar-refractivity contribution in [3.63, 3.8) is 0 Å². The molecule has 0 spiro atoms. The summed E-state index contributed by atoms with van der Waals surface area (Å²) < 4.78 is 0. The number of allylic oxidation sites excluding steroid dienone is 1. The van der Waals surface area contributed by atoms with Gasteiger partial charge in [0.15, 0.2) is 0 Å². The molecule has 1 aliphatic rings. The van der Waals surface area contributed by atoms with Crippen LogP contribution in [-0.4, -0.2) is 0 Å². The second kappa shape index (κ2) is 4.38. The summed E-state index contributed by atoms with van der Waals surface area (Å²) in [6, 6.07) is 15.7. The van der Waals surface area contributed by atoms with E-state index in [9.17, 15) is 0 Å². The van der Waals surface area contributed by atoms with E-state index in [1.165, 1.54) is 39.0 Å². The average molecular weight is 248 g/mol. The zero-order valence-corrected chi connectivity index (χ0v) is 12.1. The molecule has 0 heteroatoms. The zero-order valence-electron chi connectivity index (χ0n) is 12.1. The van der Waals surface area contributed by atoms with E-state index in [0.717, 1.165) is 0 Å². The Hall–Kier alpha value is -1.82. The van der Waals surface area contributed by atoms with Gasteiger partial charge in [0, 0.05) is 5.92 Å². The van der Waals surface area contributed by atoms with Crippen molar-refractivity contribution in [3.8, 4) is 0 Å². The lowest BCUT2D eigenvalue weighted by molar-refractivity contribution is 0.918. The van der Waals surface area contributed by atoms with E-state index in [-0.39, 0.29) is 0 Å². The molecule has 1 atom stereocenters. The Balaban J connectivity index is 2.19. The summed E-state index contributed by atoms with van der Waals surface area (Å²) in [5, 5.41) is 0. The Kier molecular flexibility index (Phi) is 2.82. The predicted molar refractivity (Wildman–Crippen MR) is 82.5 cm³/mol. The maximum atomic E-state index is 2.34. The summed E-state index contributed by atoms with van der Waals surface area (Å²) in [5.41, 5.74) is 9.83. The third kappa shape index (κ3) is 1.92. The van der Waals surface area contributed by atoms with Crippen LogP contribution in [0.2, 0.25) is 0 Å². The molecule has 0 fully saturated rings. The lowest BCUT2D eigenvalue weighted by atomic mass is 9.96. The van der Waals surface area contributed by atoms with Gasteiger partial charge in [-0.25, -0.2) is 0 Å². The maximum Gasteiger partial charge on any atom is 0.00327 e. The molecule has 96 valence electrons. The normalized spacial score (nSPS) is 17.8. The summed E-state index contributed by atoms with van der Waals surface area (Å²) in [5.74, 6) is 0.534. The van der Waals surface area contributed by atoms with E-state index in [0.29, 0.717) is 5.92 Å². The van der Waals surface area contributed by atoms with Gasteiger partial charge in [0.25, 0.3) is 0 Å². The maximum absolute atomic E-state index is 2.34. The first-order valence-electron chi connectivity index (χ1n) is 6.96. The van der Waals surface area contributed by atoms with Crippen molar-refractivity contribution in [3.05, 3.63) is 75.9 Å². The molecule has 0 heterocycles. The highest BCUT2D eigenvalue weighted by atomic mass is 14.3. The largest absolute Gasteiger partial charge is 0.0587 e. The lowest BCUT2D eigenvalue weighted by Gasteiger charge is -2.08. The van der Waals surface area contributed by atoms with E-state index < -0.39 is 0 Å². The standard InChI is InChI=1S/C19H20/c1-12-5-8-16(9-6-12)19-15(4)14(3)18-11-13(2)7-10-17(18)19/h5-11,14H,1-4H3. The quantitative estimate of drug-likeness (QED) is 0.647. The van der Waals surface area contributed by atoms with Gasteiger partial charge >= 0.3 is 0 Å². The molecule has 0 amide bonds. The molecule has 1 unspecified atom stereocenters. The fourth-order valence-electron chi connectivity index (χ4n) is 3.03. The number of aryl methyl sites for hydroxylation is 2. The number of rotatable bonds is 1. The molecule has 1 aliphatic carbocycles. The van der Waals surface area contributed by atoms with Gasteiger partial charge in [-0.15, -0.1) is 0 Å². The van der Waals surface area contributed by atoms with Crippen LogP contribution in [0.5, 0.6) is 0 Å². The minimum Gasteiger partial charge on any atom is -0.0587 e. The van der Waals surface area contributed by atoms with Crippen LogP contribution in [0.1, 0.15) is 47.6 Å². The first kappa shape index (κ1) is 12.2. The fourth-order valence-corrected chi connectivity index (χ4v) is 3.03. The molecule has 0 aliphatic heterocycles. The first-order chi connectivity index (χ1) is 9.08. The number of benzene rings is 2. The molecule has 0 nitrogen and oxygen atoms in total. The Morgan fingerprint density at radius 1 is 0.789 bits per heavy atom. The van der Waals surface area contributed by atoms with Crippen molar-refractivity contribution in [2.75, 3.05) is 0 Å². The number of hydrogen-bond acceptors (Lipinski definition) is 0. The van der Waals surface area contributed by atoms with Crippen LogP contribution >= 0.6 is 0 Å². The lowest BCUT2D eigenvalue weighted by Crippen LogP contribution is -1.90. The topological polar surface area (TPSA) is 0 Å². The van der Waals surface area contributed by atoms with Crippen LogP contribution in [0, 0.1) is 13.8 Å². The molecule has 0 saturated carbocycles. The average Bonchev–Trinajstić information content (AvgIpc) is 2.64. The first-order valence-corrected chi connectivity index (χ1v) is 6.96. The molecule has 19 heavy (non-hydrogen) atoms. The Bertz CT molecular complexity index is 657. The van der Waals surface area contributed by atoms with Gasteiger partial charge in [0.05, 0.1) is 0 Å². The fraction of sp³-hybridized carbons (Fsp3) is 0.263. The number of fused-ring (bicyclic) bond motifs is 1. The van der Waals surface area contributed by atoms with Crippen molar-refractivity contribution >= 4 is 5.57 Å². The minimum absolute atomic E-state index is 0.534. The van der Waals surface area contributed by atoms with Crippen LogP contribution in [0.3, 0.4) is 0 Å². The molecule has 0 radical (unpaired) electrons. The van der Waals surface area contributed by atoms with Gasteiger partial charge in [-0.3, -0.25) is 0 Å². The van der Waals surface area contributed by atoms with Crippen LogP contribution in [0.4, 0.5) is 0 Å².